The van der Waals surface area contributed by atoms with Crippen LogP contribution in [0.1, 0.15) is 43.9 Å². The molecule has 1 atom stereocenters. The smallest absolute Gasteiger partial charge is 0.416 e. The molecular weight excluding hydrogens is 420 g/mol. The molecule has 32 heavy (non-hydrogen) atoms. The van der Waals surface area contributed by atoms with Gasteiger partial charge in [-0.2, -0.15) is 5.10 Å². The van der Waals surface area contributed by atoms with Crippen LogP contribution in [-0.4, -0.2) is 46.7 Å². The second-order valence-corrected chi connectivity index (χ2v) is 7.18. The van der Waals surface area contributed by atoms with Gasteiger partial charge in [-0.3, -0.25) is 9.59 Å². The van der Waals surface area contributed by atoms with E-state index in [4.69, 9.17) is 0 Å². The number of hydrogen-bond acceptors (Lipinski definition) is 5. The van der Waals surface area contributed by atoms with Crippen LogP contribution in [0.3, 0.4) is 0 Å². The molecule has 1 fully saturated rings. The van der Waals surface area contributed by atoms with Crippen LogP contribution in [0.25, 0.3) is 0 Å². The Morgan fingerprint density at radius 3 is 2.47 bits per heavy atom. The van der Waals surface area contributed by atoms with Gasteiger partial charge in [0.2, 0.25) is 11.8 Å². The lowest BCUT2D eigenvalue weighted by atomic mass is 9.98. The molecule has 7 nitrogen and oxygen atoms in total. The summed E-state index contributed by atoms with van der Waals surface area (Å²) in [5, 5.41) is 5.54. The van der Waals surface area contributed by atoms with Gasteiger partial charge in [0.25, 0.3) is 0 Å². The maximum absolute atomic E-state index is 13.9. The first-order valence-corrected chi connectivity index (χ1v) is 10.2. The average molecular weight is 443 g/mol. The summed E-state index contributed by atoms with van der Waals surface area (Å²) < 4.78 is 31.9. The average Bonchev–Trinajstić information content (AvgIpc) is 3.43. The van der Waals surface area contributed by atoms with Crippen molar-refractivity contribution in [1.82, 2.24) is 9.91 Å². The first-order valence-electron chi connectivity index (χ1n) is 10.2. The summed E-state index contributed by atoms with van der Waals surface area (Å²) in [7, 11) is 0. The van der Waals surface area contributed by atoms with Gasteiger partial charge in [0.05, 0.1) is 18.3 Å². The van der Waals surface area contributed by atoms with Gasteiger partial charge in [0.15, 0.2) is 0 Å². The summed E-state index contributed by atoms with van der Waals surface area (Å²) in [5.41, 5.74) is 1.39. The molecule has 2 aromatic rings. The van der Waals surface area contributed by atoms with E-state index >= 15 is 0 Å². The third-order valence-electron chi connectivity index (χ3n) is 5.02. The van der Waals surface area contributed by atoms with E-state index in [1.165, 1.54) is 11.9 Å². The number of carbonyl (C=O) groups excluding carboxylic acids is 3. The number of hydrazone groups is 1. The molecule has 0 spiro atoms. The van der Waals surface area contributed by atoms with E-state index < -0.39 is 17.7 Å². The van der Waals surface area contributed by atoms with Crippen LogP contribution in [-0.2, 0) is 14.3 Å². The number of nitrogens with zero attached hydrogens (tertiary/aromatic N) is 3. The molecule has 1 saturated heterocycles. The molecule has 9 heteroatoms. The monoisotopic (exact) mass is 443 g/mol. The van der Waals surface area contributed by atoms with Crippen LogP contribution in [0, 0.1) is 11.6 Å². The van der Waals surface area contributed by atoms with E-state index in [1.54, 1.807) is 6.92 Å². The summed E-state index contributed by atoms with van der Waals surface area (Å²) in [6.45, 7) is 3.87. The van der Waals surface area contributed by atoms with Crippen LogP contribution < -0.4 is 0 Å². The number of carbonyl (C=O) groups is 3. The Bertz CT molecular complexity index is 1040. The Labute approximate surface area is 184 Å². The van der Waals surface area contributed by atoms with Gasteiger partial charge in [-0.15, -0.1) is 0 Å². The van der Waals surface area contributed by atoms with Crippen LogP contribution >= 0.6 is 0 Å². The largest absolute Gasteiger partial charge is 0.447 e. The summed E-state index contributed by atoms with van der Waals surface area (Å²) in [5.74, 6) is -1.47. The minimum Gasteiger partial charge on any atom is -0.447 e. The van der Waals surface area contributed by atoms with E-state index in [0.717, 1.165) is 28.7 Å². The maximum Gasteiger partial charge on any atom is 0.416 e. The standard InChI is InChI=1S/C17H14F2N2O.C6H9NO3/c1-11(22)21-17(12-5-3-2-4-6-12)10-16(20-21)14-9-13(18)7-8-15(14)19;1-2-5(8)7-3-4-10-6(7)9/h2-9,17H,10H2,1H3;2-4H2,1H3/t17-;/m0./s1. The maximum atomic E-state index is 13.9. The highest BCUT2D eigenvalue weighted by Gasteiger charge is 2.32. The lowest BCUT2D eigenvalue weighted by Gasteiger charge is -2.20. The molecule has 2 aromatic carbocycles. The predicted molar refractivity (Wildman–Crippen MR) is 113 cm³/mol. The fourth-order valence-electron chi connectivity index (χ4n) is 3.43. The highest BCUT2D eigenvalue weighted by Crippen LogP contribution is 2.33. The van der Waals surface area contributed by atoms with Crippen molar-refractivity contribution >= 4 is 23.6 Å². The predicted octanol–water partition coefficient (Wildman–Crippen LogP) is 4.04. The van der Waals surface area contributed by atoms with Crippen molar-refractivity contribution in [3.8, 4) is 0 Å². The molecule has 3 amide bonds. The minimum absolute atomic E-state index is 0.102. The van der Waals surface area contributed by atoms with Crippen LogP contribution in [0.5, 0.6) is 0 Å². The van der Waals surface area contributed by atoms with Gasteiger partial charge in [0.1, 0.15) is 18.2 Å². The number of amides is 3. The first kappa shape index (κ1) is 23.1. The zero-order chi connectivity index (χ0) is 23.3. The Hall–Kier alpha value is -3.62. The highest BCUT2D eigenvalue weighted by molar-refractivity contribution is 6.03. The van der Waals surface area contributed by atoms with Crippen molar-refractivity contribution < 1.29 is 27.9 Å². The summed E-state index contributed by atoms with van der Waals surface area (Å²) >= 11 is 0. The Kier molecular flexibility index (Phi) is 7.29. The summed E-state index contributed by atoms with van der Waals surface area (Å²) in [6.07, 6.45) is 0.200. The zero-order valence-electron chi connectivity index (χ0n) is 17.8. The third kappa shape index (κ3) is 5.16. The van der Waals surface area contributed by atoms with E-state index in [0.29, 0.717) is 31.7 Å². The van der Waals surface area contributed by atoms with Crippen molar-refractivity contribution in [2.24, 2.45) is 5.10 Å². The number of hydrogen-bond donors (Lipinski definition) is 0. The Balaban J connectivity index is 0.000000243. The summed E-state index contributed by atoms with van der Waals surface area (Å²) in [6, 6.07) is 12.3. The molecule has 0 aromatic heterocycles. The molecule has 4 rings (SSSR count). The van der Waals surface area contributed by atoms with E-state index in [2.05, 4.69) is 9.84 Å². The van der Waals surface area contributed by atoms with Gasteiger partial charge in [-0.25, -0.2) is 23.5 Å². The van der Waals surface area contributed by atoms with Crippen molar-refractivity contribution in [2.45, 2.75) is 32.7 Å². The Morgan fingerprint density at radius 2 is 1.88 bits per heavy atom. The van der Waals surface area contributed by atoms with Crippen molar-refractivity contribution in [3.05, 3.63) is 71.3 Å². The van der Waals surface area contributed by atoms with E-state index in [1.807, 2.05) is 30.3 Å². The molecule has 2 heterocycles. The van der Waals surface area contributed by atoms with Crippen molar-refractivity contribution in [1.29, 1.82) is 0 Å². The van der Waals surface area contributed by atoms with E-state index in [9.17, 15) is 23.2 Å². The minimum atomic E-state index is -0.544. The number of rotatable bonds is 3. The van der Waals surface area contributed by atoms with Crippen LogP contribution in [0.15, 0.2) is 53.6 Å². The zero-order valence-corrected chi connectivity index (χ0v) is 17.8. The van der Waals surface area contributed by atoms with Crippen molar-refractivity contribution in [3.63, 3.8) is 0 Å². The molecule has 0 unspecified atom stereocenters. The van der Waals surface area contributed by atoms with Gasteiger partial charge >= 0.3 is 6.09 Å². The van der Waals surface area contributed by atoms with Crippen LogP contribution in [0.2, 0.25) is 0 Å². The van der Waals surface area contributed by atoms with Gasteiger partial charge < -0.3 is 4.74 Å². The molecule has 0 bridgehead atoms. The second kappa shape index (κ2) is 10.1. The van der Waals surface area contributed by atoms with Gasteiger partial charge in [0, 0.05) is 25.3 Å². The first-order chi connectivity index (χ1) is 15.3. The lowest BCUT2D eigenvalue weighted by Crippen LogP contribution is -2.30. The molecule has 2 aliphatic rings. The lowest BCUT2D eigenvalue weighted by molar-refractivity contribution is -0.130. The second-order valence-electron chi connectivity index (χ2n) is 7.18. The molecule has 2 aliphatic heterocycles. The molecule has 0 aliphatic carbocycles. The number of benzene rings is 2. The fraction of sp³-hybridized carbons (Fsp3) is 0.304. The van der Waals surface area contributed by atoms with Crippen LogP contribution in [0.4, 0.5) is 13.6 Å². The van der Waals surface area contributed by atoms with E-state index in [-0.39, 0.29) is 23.4 Å². The topological polar surface area (TPSA) is 79.3 Å². The molecule has 0 saturated carbocycles. The Morgan fingerprint density at radius 1 is 1.16 bits per heavy atom. The summed E-state index contributed by atoms with van der Waals surface area (Å²) in [4.78, 5) is 34.4. The third-order valence-corrected chi connectivity index (χ3v) is 5.02. The quantitative estimate of drug-likeness (QED) is 0.717. The molecule has 0 N–H and O–H groups in total. The number of imide groups is 1. The normalized spacial score (nSPS) is 17.4. The molecule has 168 valence electrons. The number of ether oxygens (including phenoxy) is 1. The molecular formula is C23H23F2N3O4. The SMILES string of the molecule is CC(=O)N1N=C(c2cc(F)ccc2F)C[C@H]1c1ccccc1.CCC(=O)N1CCOC1=O. The van der Waals surface area contributed by atoms with Crippen molar-refractivity contribution in [2.75, 3.05) is 13.2 Å². The van der Waals surface area contributed by atoms with Gasteiger partial charge in [-0.1, -0.05) is 37.3 Å². The van der Waals surface area contributed by atoms with Gasteiger partial charge in [-0.05, 0) is 23.8 Å². The number of cyclic esters (lactones) is 1. The molecule has 0 radical (unpaired) electrons. The number of halogens is 2. The fourth-order valence-corrected chi connectivity index (χ4v) is 3.43. The highest BCUT2D eigenvalue weighted by atomic mass is 19.1.